The van der Waals surface area contributed by atoms with Gasteiger partial charge < -0.3 is 16.0 Å². The second-order valence-corrected chi connectivity index (χ2v) is 6.23. The highest BCUT2D eigenvalue weighted by Crippen LogP contribution is 2.30. The molecule has 3 N–H and O–H groups in total. The minimum atomic E-state index is -4.45. The molecule has 2 aromatic rings. The van der Waals surface area contributed by atoms with Crippen molar-refractivity contribution in [2.24, 2.45) is 0 Å². The number of hydrogen-bond donors (Lipinski definition) is 3. The Morgan fingerprint density at radius 1 is 1.07 bits per heavy atom. The van der Waals surface area contributed by atoms with Gasteiger partial charge in [-0.2, -0.15) is 13.2 Å². The SMILES string of the molecule is CCc1ccccc1NC(=O)CNC(=O)NC(C)c1cccc(C(F)(F)F)c1. The number of nitrogens with one attached hydrogen (secondary N) is 3. The molecule has 0 aliphatic rings. The Hall–Kier alpha value is -3.03. The van der Waals surface area contributed by atoms with Crippen molar-refractivity contribution in [3.05, 3.63) is 65.2 Å². The van der Waals surface area contributed by atoms with Gasteiger partial charge in [0.05, 0.1) is 18.2 Å². The summed E-state index contributed by atoms with van der Waals surface area (Å²) in [4.78, 5) is 24.0. The fourth-order valence-corrected chi connectivity index (χ4v) is 2.62. The van der Waals surface area contributed by atoms with E-state index in [4.69, 9.17) is 0 Å². The molecule has 0 bridgehead atoms. The molecule has 2 rings (SSSR count). The van der Waals surface area contributed by atoms with E-state index < -0.39 is 29.7 Å². The highest BCUT2D eigenvalue weighted by atomic mass is 19.4. The van der Waals surface area contributed by atoms with Crippen molar-refractivity contribution in [3.63, 3.8) is 0 Å². The second kappa shape index (κ2) is 9.25. The fourth-order valence-electron chi connectivity index (χ4n) is 2.62. The van der Waals surface area contributed by atoms with Crippen molar-refractivity contribution < 1.29 is 22.8 Å². The van der Waals surface area contributed by atoms with E-state index in [1.54, 1.807) is 19.1 Å². The standard InChI is InChI=1S/C20H22F3N3O2/c1-3-14-7-4-5-10-17(14)26-18(27)12-24-19(28)25-13(2)15-8-6-9-16(11-15)20(21,22)23/h4-11,13H,3,12H2,1-2H3,(H,26,27)(H2,24,25,28). The predicted octanol–water partition coefficient (Wildman–Crippen LogP) is 4.27. The average Bonchev–Trinajstić information content (AvgIpc) is 2.66. The van der Waals surface area contributed by atoms with Crippen LogP contribution in [-0.4, -0.2) is 18.5 Å². The van der Waals surface area contributed by atoms with E-state index >= 15 is 0 Å². The number of benzene rings is 2. The van der Waals surface area contributed by atoms with E-state index in [1.165, 1.54) is 12.1 Å². The first-order valence-corrected chi connectivity index (χ1v) is 8.80. The quantitative estimate of drug-likeness (QED) is 0.686. The highest BCUT2D eigenvalue weighted by molar-refractivity contribution is 5.94. The van der Waals surface area contributed by atoms with Gasteiger partial charge in [-0.05, 0) is 42.7 Å². The summed E-state index contributed by atoms with van der Waals surface area (Å²) in [5, 5.41) is 7.64. The van der Waals surface area contributed by atoms with Crippen LogP contribution < -0.4 is 16.0 Å². The van der Waals surface area contributed by atoms with Gasteiger partial charge in [0.15, 0.2) is 0 Å². The summed E-state index contributed by atoms with van der Waals surface area (Å²) in [6.07, 6.45) is -3.70. The maximum absolute atomic E-state index is 12.8. The van der Waals surface area contributed by atoms with Crippen molar-refractivity contribution in [2.45, 2.75) is 32.5 Å². The van der Waals surface area contributed by atoms with Crippen molar-refractivity contribution in [1.82, 2.24) is 10.6 Å². The maximum Gasteiger partial charge on any atom is 0.416 e. The molecule has 0 heterocycles. The predicted molar refractivity (Wildman–Crippen MR) is 101 cm³/mol. The van der Waals surface area contributed by atoms with Crippen LogP contribution in [0.2, 0.25) is 0 Å². The highest BCUT2D eigenvalue weighted by Gasteiger charge is 2.30. The third kappa shape index (κ3) is 6.00. The van der Waals surface area contributed by atoms with Gasteiger partial charge >= 0.3 is 12.2 Å². The van der Waals surface area contributed by atoms with Crippen LogP contribution in [0.1, 0.15) is 36.6 Å². The average molecular weight is 393 g/mol. The molecule has 0 saturated heterocycles. The van der Waals surface area contributed by atoms with Gasteiger partial charge in [0, 0.05) is 5.69 Å². The molecule has 0 saturated carbocycles. The summed E-state index contributed by atoms with van der Waals surface area (Å²) >= 11 is 0. The monoisotopic (exact) mass is 393 g/mol. The Kier molecular flexibility index (Phi) is 7.03. The summed E-state index contributed by atoms with van der Waals surface area (Å²) in [5.74, 6) is -0.400. The van der Waals surface area contributed by atoms with Crippen molar-refractivity contribution in [2.75, 3.05) is 11.9 Å². The number of carbonyl (C=O) groups is 2. The fraction of sp³-hybridized carbons (Fsp3) is 0.300. The number of halogens is 3. The Bertz CT molecular complexity index is 837. The molecule has 28 heavy (non-hydrogen) atoms. The molecule has 0 aromatic heterocycles. The molecular formula is C20H22F3N3O2. The third-order valence-corrected chi connectivity index (χ3v) is 4.14. The molecule has 0 fully saturated rings. The Labute approximate surface area is 161 Å². The molecule has 3 amide bonds. The van der Waals surface area contributed by atoms with Gasteiger partial charge in [-0.3, -0.25) is 4.79 Å². The molecule has 0 spiro atoms. The Morgan fingerprint density at radius 2 is 1.79 bits per heavy atom. The summed E-state index contributed by atoms with van der Waals surface area (Å²) in [6.45, 7) is 3.26. The molecule has 2 aromatic carbocycles. The van der Waals surface area contributed by atoms with Crippen LogP contribution in [0.25, 0.3) is 0 Å². The number of amides is 3. The Morgan fingerprint density at radius 3 is 2.46 bits per heavy atom. The number of rotatable bonds is 6. The molecule has 0 aliphatic heterocycles. The smallest absolute Gasteiger partial charge is 0.332 e. The largest absolute Gasteiger partial charge is 0.416 e. The van der Waals surface area contributed by atoms with Gasteiger partial charge in [-0.1, -0.05) is 37.3 Å². The van der Waals surface area contributed by atoms with E-state index in [-0.39, 0.29) is 6.54 Å². The van der Waals surface area contributed by atoms with Gasteiger partial charge in [0.25, 0.3) is 0 Å². The first-order chi connectivity index (χ1) is 13.2. The second-order valence-electron chi connectivity index (χ2n) is 6.23. The van der Waals surface area contributed by atoms with Crippen LogP contribution in [0, 0.1) is 0 Å². The normalized spacial score (nSPS) is 12.2. The van der Waals surface area contributed by atoms with E-state index in [0.29, 0.717) is 11.3 Å². The van der Waals surface area contributed by atoms with Crippen LogP contribution >= 0.6 is 0 Å². The maximum atomic E-state index is 12.8. The van der Waals surface area contributed by atoms with Crippen LogP contribution in [0.3, 0.4) is 0 Å². The summed E-state index contributed by atoms with van der Waals surface area (Å²) < 4.78 is 38.4. The minimum Gasteiger partial charge on any atom is -0.332 e. The molecular weight excluding hydrogens is 371 g/mol. The van der Waals surface area contributed by atoms with Crippen molar-refractivity contribution in [1.29, 1.82) is 0 Å². The number of anilines is 1. The number of aryl methyl sites for hydroxylation is 1. The minimum absolute atomic E-state index is 0.265. The topological polar surface area (TPSA) is 70.2 Å². The lowest BCUT2D eigenvalue weighted by Crippen LogP contribution is -2.41. The van der Waals surface area contributed by atoms with Crippen molar-refractivity contribution >= 4 is 17.6 Å². The molecule has 0 aliphatic carbocycles. The van der Waals surface area contributed by atoms with E-state index in [9.17, 15) is 22.8 Å². The molecule has 8 heteroatoms. The zero-order valence-corrected chi connectivity index (χ0v) is 15.6. The van der Waals surface area contributed by atoms with Crippen LogP contribution in [-0.2, 0) is 17.4 Å². The van der Waals surface area contributed by atoms with Gasteiger partial charge in [0.2, 0.25) is 5.91 Å². The lowest BCUT2D eigenvalue weighted by Gasteiger charge is -2.17. The lowest BCUT2D eigenvalue weighted by molar-refractivity contribution is -0.137. The van der Waals surface area contributed by atoms with E-state index in [0.717, 1.165) is 24.1 Å². The molecule has 1 unspecified atom stereocenters. The molecule has 150 valence electrons. The third-order valence-electron chi connectivity index (χ3n) is 4.14. The van der Waals surface area contributed by atoms with Crippen LogP contribution in [0.15, 0.2) is 48.5 Å². The number of urea groups is 1. The lowest BCUT2D eigenvalue weighted by atomic mass is 10.1. The summed E-state index contributed by atoms with van der Waals surface area (Å²) in [7, 11) is 0. The van der Waals surface area contributed by atoms with E-state index in [2.05, 4.69) is 16.0 Å². The first kappa shape index (κ1) is 21.3. The summed E-state index contributed by atoms with van der Waals surface area (Å²) in [5.41, 5.74) is 1.17. The van der Waals surface area contributed by atoms with Gasteiger partial charge in [-0.15, -0.1) is 0 Å². The number of para-hydroxylation sites is 1. The zero-order valence-electron chi connectivity index (χ0n) is 15.6. The molecule has 5 nitrogen and oxygen atoms in total. The number of hydrogen-bond acceptors (Lipinski definition) is 2. The first-order valence-electron chi connectivity index (χ1n) is 8.80. The van der Waals surface area contributed by atoms with Crippen LogP contribution in [0.5, 0.6) is 0 Å². The van der Waals surface area contributed by atoms with Crippen LogP contribution in [0.4, 0.5) is 23.7 Å². The van der Waals surface area contributed by atoms with Gasteiger partial charge in [-0.25, -0.2) is 4.79 Å². The van der Waals surface area contributed by atoms with E-state index in [1.807, 2.05) is 19.1 Å². The molecule has 1 atom stereocenters. The number of alkyl halides is 3. The van der Waals surface area contributed by atoms with Crippen molar-refractivity contribution in [3.8, 4) is 0 Å². The zero-order chi connectivity index (χ0) is 20.7. The summed E-state index contributed by atoms with van der Waals surface area (Å²) in [6, 6.07) is 10.8. The van der Waals surface area contributed by atoms with Gasteiger partial charge in [0.1, 0.15) is 0 Å². The number of carbonyl (C=O) groups excluding carboxylic acids is 2. The molecule has 0 radical (unpaired) electrons. The Balaban J connectivity index is 1.87.